The zero-order valence-electron chi connectivity index (χ0n) is 41.3. The summed E-state index contributed by atoms with van der Waals surface area (Å²) < 4.78 is 85.7. The predicted octanol–water partition coefficient (Wildman–Crippen LogP) is 23.8. The minimum atomic E-state index is -4.25. The summed E-state index contributed by atoms with van der Waals surface area (Å²) in [5.41, 5.74) is 0.902. The zero-order valence-corrected chi connectivity index (χ0v) is 46.3. The van der Waals surface area contributed by atoms with Gasteiger partial charge in [-0.1, -0.05) is 226 Å². The molecule has 0 N–H and O–H groups in total. The van der Waals surface area contributed by atoms with Crippen LogP contribution in [0.25, 0.3) is 0 Å². The fourth-order valence-electron chi connectivity index (χ4n) is 5.01. The summed E-state index contributed by atoms with van der Waals surface area (Å²) >= 11 is 0. The first-order chi connectivity index (χ1) is 29.1. The van der Waals surface area contributed by atoms with Gasteiger partial charge in [-0.25, -0.2) is 9.59 Å². The highest BCUT2D eigenvalue weighted by Gasteiger charge is 2.49. The lowest BCUT2D eigenvalue weighted by Gasteiger charge is -2.44. The average Bonchev–Trinajstić information content (AvgIpc) is 3.20. The van der Waals surface area contributed by atoms with Crippen LogP contribution in [0.3, 0.4) is 0 Å². The number of ether oxygens (including phenoxy) is 4. The molecule has 0 aliphatic heterocycles. The number of halogens is 3. The standard InChI is InChI=1S/C21H51F3O6Si5.2C6H10O2.2C6H6.17CH4/c1-12-31(4,5)27-34(10,19-14-16-26-18-17-25-3)29-33(8,9)30-35(11,20-15-21(22,23)24)28-32(6,7)13-2;2*1-4-8-6(7)5(2)3;2*1-2-4-6-5-3-1;;;;;;;;;;;;;;;;;/h12-20H2,1-11H3;2*2,4H2,1,3H3;2*1-6H;17*1H4. The lowest BCUT2D eigenvalue weighted by Crippen LogP contribution is -2.60. The van der Waals surface area contributed by atoms with E-state index >= 15 is 0 Å². The molecule has 2 atom stereocenters. The topological polar surface area (TPSA) is 108 Å². The normalized spacial score (nSPS) is 10.4. The monoisotopic (exact) mass is 1250 g/mol. The average molecular weight is 1250 g/mol. The molecule has 0 bridgehead atoms. The molecule has 0 aliphatic rings. The Labute approximate surface area is 510 Å². The van der Waals surface area contributed by atoms with E-state index in [2.05, 4.69) is 49.2 Å². The van der Waals surface area contributed by atoms with Gasteiger partial charge in [0, 0.05) is 31.3 Å². The smallest absolute Gasteiger partial charge is 0.389 e. The lowest BCUT2D eigenvalue weighted by molar-refractivity contribution is -0.139. The third-order valence-corrected chi connectivity index (χ3v) is 29.5. The van der Waals surface area contributed by atoms with Gasteiger partial charge in [-0.2, -0.15) is 13.2 Å². The van der Waals surface area contributed by atoms with Crippen LogP contribution in [0.1, 0.15) is 181 Å². The van der Waals surface area contributed by atoms with Gasteiger partial charge < -0.3 is 35.4 Å². The van der Waals surface area contributed by atoms with Gasteiger partial charge in [0.25, 0.3) is 0 Å². The number of rotatable bonds is 23. The fraction of sp³-hybridized carbons (Fsp3) is 0.710. The van der Waals surface area contributed by atoms with Crippen LogP contribution < -0.4 is 0 Å². The minimum absolute atomic E-state index is 0. The van der Waals surface area contributed by atoms with Gasteiger partial charge in [0.1, 0.15) is 0 Å². The lowest BCUT2D eigenvalue weighted by atomic mass is 10.4. The largest absolute Gasteiger partial charge is 0.463 e. The van der Waals surface area contributed by atoms with Crippen molar-refractivity contribution >= 4 is 54.3 Å². The molecule has 18 heteroatoms. The summed E-state index contributed by atoms with van der Waals surface area (Å²) in [4.78, 5) is 20.8. The van der Waals surface area contributed by atoms with Crippen LogP contribution in [0, 0.1) is 0 Å². The van der Waals surface area contributed by atoms with Crippen molar-refractivity contribution < 1.29 is 58.2 Å². The van der Waals surface area contributed by atoms with E-state index in [1.807, 2.05) is 106 Å². The van der Waals surface area contributed by atoms with E-state index in [1.54, 1.807) is 41.4 Å². The summed E-state index contributed by atoms with van der Waals surface area (Å²) in [6, 6.07) is 26.4. The highest BCUT2D eigenvalue weighted by Crippen LogP contribution is 2.34. The van der Waals surface area contributed by atoms with Crippen molar-refractivity contribution in [1.29, 1.82) is 0 Å². The first-order valence-corrected chi connectivity index (χ1v) is 35.8. The maximum absolute atomic E-state index is 13.2. The Morgan fingerprint density at radius 3 is 0.900 bits per heavy atom. The van der Waals surface area contributed by atoms with Crippen LogP contribution in [0.4, 0.5) is 13.2 Å². The number of benzene rings is 2. The molecule has 2 unspecified atom stereocenters. The number of hydrogen-bond acceptors (Lipinski definition) is 10. The molecule has 0 saturated carbocycles. The number of carbonyl (C=O) groups excluding carboxylic acids is 2. The molecule has 10 nitrogen and oxygen atoms in total. The Hall–Kier alpha value is -2.51. The maximum atomic E-state index is 13.2. The molecular formula is C62H151F3O10Si5. The summed E-state index contributed by atoms with van der Waals surface area (Å²) in [7, 11) is -11.2. The Balaban J connectivity index is -0.0000000371. The number of carbonyl (C=O) groups is 2. The summed E-state index contributed by atoms with van der Waals surface area (Å²) in [6.07, 6.45) is -4.38. The van der Waals surface area contributed by atoms with Crippen molar-refractivity contribution in [1.82, 2.24) is 0 Å². The van der Waals surface area contributed by atoms with Crippen molar-refractivity contribution in [3.63, 3.8) is 0 Å². The Bertz CT molecular complexity index is 1380. The van der Waals surface area contributed by atoms with Gasteiger partial charge >= 0.3 is 43.8 Å². The number of alkyl halides is 3. The van der Waals surface area contributed by atoms with E-state index in [1.165, 1.54) is 0 Å². The number of methoxy groups -OCH3 is 1. The second-order valence-electron chi connectivity index (χ2n) is 16.4. The quantitative estimate of drug-likeness (QED) is 0.0462. The van der Waals surface area contributed by atoms with E-state index < -0.39 is 54.9 Å². The van der Waals surface area contributed by atoms with E-state index in [9.17, 15) is 22.8 Å². The van der Waals surface area contributed by atoms with Gasteiger partial charge in [-0.05, 0) is 111 Å². The van der Waals surface area contributed by atoms with Crippen molar-refractivity contribution in [3.8, 4) is 0 Å². The SMILES string of the molecule is C.C.C.C.C.C.C.C.C.C.C.C.C.C.C.C.C.C=C(C)C(=O)OCC.C=C(C)C(=O)OCC.CC[Si](C)(C)O[Si](C)(CCCOCCOC)O[Si](C)(C)O[Si](C)(CCC(F)(F)F)O[Si](C)(C)CC.c1ccccc1.c1ccccc1. The van der Waals surface area contributed by atoms with Crippen molar-refractivity contribution in [2.45, 2.75) is 263 Å². The first kappa shape index (κ1) is 137. The molecule has 0 fully saturated rings. The molecule has 2 rings (SSSR count). The second-order valence-corrected chi connectivity index (χ2v) is 36.5. The fourth-order valence-corrected chi connectivity index (χ4v) is 28.6. The van der Waals surface area contributed by atoms with Crippen LogP contribution >= 0.6 is 0 Å². The van der Waals surface area contributed by atoms with Crippen LogP contribution in [0.5, 0.6) is 0 Å². The molecule has 0 amide bonds. The van der Waals surface area contributed by atoms with E-state index in [0.29, 0.717) is 44.2 Å². The molecule has 0 heterocycles. The highest BCUT2D eigenvalue weighted by atomic mass is 28.5. The molecule has 0 aromatic heterocycles. The summed E-state index contributed by atoms with van der Waals surface area (Å²) in [5.74, 6) is -0.625. The molecule has 0 radical (unpaired) electrons. The van der Waals surface area contributed by atoms with Crippen LogP contribution in [0.2, 0.25) is 76.6 Å². The third kappa shape index (κ3) is 86.7. The van der Waals surface area contributed by atoms with E-state index in [4.69, 9.17) is 25.9 Å². The minimum Gasteiger partial charge on any atom is -0.463 e. The maximum Gasteiger partial charge on any atom is 0.389 e. The van der Waals surface area contributed by atoms with Crippen LogP contribution in [-0.2, 0) is 45.0 Å². The van der Waals surface area contributed by atoms with Crippen LogP contribution in [-0.4, -0.2) is 101 Å². The predicted molar refractivity (Wildman–Crippen MR) is 379 cm³/mol. The Morgan fingerprint density at radius 2 is 0.700 bits per heavy atom. The Kier molecular flexibility index (Phi) is 128. The van der Waals surface area contributed by atoms with E-state index in [0.717, 1.165) is 24.6 Å². The summed E-state index contributed by atoms with van der Waals surface area (Å²) in [6.45, 7) is 36.3. The molecule has 500 valence electrons. The highest BCUT2D eigenvalue weighted by molar-refractivity contribution is 6.91. The van der Waals surface area contributed by atoms with E-state index in [-0.39, 0.29) is 144 Å². The molecule has 0 saturated heterocycles. The third-order valence-electron chi connectivity index (χ3n) is 8.41. The van der Waals surface area contributed by atoms with Crippen LogP contribution in [0.15, 0.2) is 97.1 Å². The number of hydrogen-bond donors (Lipinski definition) is 0. The van der Waals surface area contributed by atoms with Gasteiger partial charge in [-0.15, -0.1) is 0 Å². The first-order valence-electron chi connectivity index (χ1n) is 21.7. The Morgan fingerprint density at radius 1 is 0.438 bits per heavy atom. The van der Waals surface area contributed by atoms with Crippen molar-refractivity contribution in [2.75, 3.05) is 40.1 Å². The molecule has 2 aromatic rings. The molecule has 0 spiro atoms. The molecule has 2 aromatic carbocycles. The zero-order chi connectivity index (χ0) is 49.2. The van der Waals surface area contributed by atoms with Gasteiger partial charge in [0.15, 0.2) is 16.6 Å². The molecule has 0 aliphatic carbocycles. The van der Waals surface area contributed by atoms with Gasteiger partial charge in [0.2, 0.25) is 0 Å². The number of esters is 2. The van der Waals surface area contributed by atoms with Crippen molar-refractivity contribution in [2.24, 2.45) is 0 Å². The second kappa shape index (κ2) is 74.5. The molecule has 80 heavy (non-hydrogen) atoms. The van der Waals surface area contributed by atoms with Gasteiger partial charge in [0.05, 0.1) is 26.4 Å². The van der Waals surface area contributed by atoms with Gasteiger partial charge in [-0.3, -0.25) is 0 Å². The summed E-state index contributed by atoms with van der Waals surface area (Å²) in [5, 5.41) is 0. The van der Waals surface area contributed by atoms with Crippen molar-refractivity contribution in [3.05, 3.63) is 97.1 Å². The molecular weight excluding hydrogens is 1100 g/mol.